The minimum absolute atomic E-state index is 0.511. The molecule has 0 bridgehead atoms. The van der Waals surface area contributed by atoms with Crippen LogP contribution in [-0.2, 0) is 0 Å². The lowest BCUT2D eigenvalue weighted by Crippen LogP contribution is -2.16. The van der Waals surface area contributed by atoms with Crippen molar-refractivity contribution in [3.8, 4) is 11.5 Å². The predicted molar refractivity (Wildman–Crippen MR) is 88.3 cm³/mol. The number of halogens is 3. The lowest BCUT2D eigenvalue weighted by atomic mass is 10.0. The summed E-state index contributed by atoms with van der Waals surface area (Å²) < 4.78 is 12.6. The fourth-order valence-corrected chi connectivity index (χ4v) is 3.20. The number of aliphatic hydroxyl groups is 1. The molecular formula is C15H11Br2ClO3. The average molecular weight is 435 g/mol. The molecule has 2 aromatic rings. The number of benzene rings is 2. The van der Waals surface area contributed by atoms with Crippen LogP contribution < -0.4 is 9.47 Å². The van der Waals surface area contributed by atoms with Crippen molar-refractivity contribution in [2.24, 2.45) is 0 Å². The Morgan fingerprint density at radius 3 is 2.33 bits per heavy atom. The second-order valence-electron chi connectivity index (χ2n) is 4.59. The van der Waals surface area contributed by atoms with Crippen molar-refractivity contribution < 1.29 is 14.6 Å². The van der Waals surface area contributed by atoms with Gasteiger partial charge in [0.05, 0.1) is 5.02 Å². The summed E-state index contributed by atoms with van der Waals surface area (Å²) in [6.07, 6.45) is -0.788. The summed E-state index contributed by atoms with van der Waals surface area (Å²) in [5.41, 5.74) is 1.46. The van der Waals surface area contributed by atoms with Crippen LogP contribution in [0.15, 0.2) is 39.3 Å². The molecule has 1 N–H and O–H groups in total. The van der Waals surface area contributed by atoms with Crippen molar-refractivity contribution in [3.05, 3.63) is 55.4 Å². The molecule has 110 valence electrons. The van der Waals surface area contributed by atoms with Crippen LogP contribution in [0.3, 0.4) is 0 Å². The molecule has 3 nitrogen and oxygen atoms in total. The van der Waals surface area contributed by atoms with Crippen LogP contribution in [0.1, 0.15) is 17.2 Å². The molecule has 0 aliphatic carbocycles. The number of hydrogen-bond acceptors (Lipinski definition) is 3. The van der Waals surface area contributed by atoms with Gasteiger partial charge in [-0.25, -0.2) is 0 Å². The Morgan fingerprint density at radius 2 is 1.67 bits per heavy atom. The lowest BCUT2D eigenvalue weighted by molar-refractivity contribution is 0.169. The fraction of sp³-hybridized carbons (Fsp3) is 0.200. The molecule has 2 aromatic carbocycles. The number of ether oxygens (including phenoxy) is 2. The maximum absolute atomic E-state index is 10.6. The van der Waals surface area contributed by atoms with Crippen LogP contribution >= 0.6 is 43.5 Å². The molecule has 1 aliphatic heterocycles. The summed E-state index contributed by atoms with van der Waals surface area (Å²) in [4.78, 5) is 0. The molecule has 6 heteroatoms. The Labute approximate surface area is 144 Å². The van der Waals surface area contributed by atoms with E-state index in [0.29, 0.717) is 35.3 Å². The van der Waals surface area contributed by atoms with E-state index in [1.54, 1.807) is 24.3 Å². The van der Waals surface area contributed by atoms with E-state index in [0.717, 1.165) is 14.5 Å². The first kappa shape index (κ1) is 15.2. The minimum Gasteiger partial charge on any atom is -0.486 e. The van der Waals surface area contributed by atoms with E-state index in [-0.39, 0.29) is 0 Å². The second-order valence-corrected chi connectivity index (χ2v) is 6.71. The molecule has 3 rings (SSSR count). The summed E-state index contributed by atoms with van der Waals surface area (Å²) in [6.45, 7) is 1.04. The van der Waals surface area contributed by atoms with Gasteiger partial charge in [0.25, 0.3) is 0 Å². The summed E-state index contributed by atoms with van der Waals surface area (Å²) in [5.74, 6) is 1.33. The van der Waals surface area contributed by atoms with Crippen LogP contribution in [0.2, 0.25) is 5.02 Å². The molecular weight excluding hydrogens is 423 g/mol. The van der Waals surface area contributed by atoms with Crippen molar-refractivity contribution in [2.45, 2.75) is 6.10 Å². The van der Waals surface area contributed by atoms with Gasteiger partial charge in [-0.1, -0.05) is 33.6 Å². The Kier molecular flexibility index (Phi) is 4.45. The van der Waals surface area contributed by atoms with Crippen LogP contribution in [0.4, 0.5) is 0 Å². The number of hydrogen-bond donors (Lipinski definition) is 1. The molecule has 0 saturated carbocycles. The SMILES string of the molecule is OC(c1ccc(Cl)c(Br)c1)c1cc2c(cc1Br)OCCO2. The molecule has 0 spiro atoms. The number of fused-ring (bicyclic) bond motifs is 1. The molecule has 1 unspecified atom stereocenters. The van der Waals surface area contributed by atoms with Gasteiger partial charge in [-0.2, -0.15) is 0 Å². The number of aliphatic hydroxyl groups excluding tert-OH is 1. The molecule has 0 saturated heterocycles. The van der Waals surface area contributed by atoms with Crippen molar-refractivity contribution in [1.82, 2.24) is 0 Å². The smallest absolute Gasteiger partial charge is 0.162 e. The standard InChI is InChI=1S/C15H11Br2ClO3/c16-10-7-14-13(20-3-4-21-14)6-9(10)15(19)8-1-2-12(18)11(17)5-8/h1-2,5-7,15,19H,3-4H2. The van der Waals surface area contributed by atoms with E-state index in [9.17, 15) is 5.11 Å². The summed E-state index contributed by atoms with van der Waals surface area (Å²) in [6, 6.07) is 8.96. The summed E-state index contributed by atoms with van der Waals surface area (Å²) >= 11 is 12.8. The molecule has 1 heterocycles. The van der Waals surface area contributed by atoms with Gasteiger partial charge < -0.3 is 14.6 Å². The summed E-state index contributed by atoms with van der Waals surface area (Å²) in [7, 11) is 0. The van der Waals surface area contributed by atoms with Crippen molar-refractivity contribution >= 4 is 43.5 Å². The van der Waals surface area contributed by atoms with Crippen LogP contribution in [-0.4, -0.2) is 18.3 Å². The Balaban J connectivity index is 2.00. The predicted octanol–water partition coefficient (Wildman–Crippen LogP) is 4.72. The lowest BCUT2D eigenvalue weighted by Gasteiger charge is -2.21. The van der Waals surface area contributed by atoms with Crippen molar-refractivity contribution in [3.63, 3.8) is 0 Å². The largest absolute Gasteiger partial charge is 0.486 e. The third kappa shape index (κ3) is 3.06. The third-order valence-electron chi connectivity index (χ3n) is 3.22. The zero-order chi connectivity index (χ0) is 15.0. The topological polar surface area (TPSA) is 38.7 Å². The maximum Gasteiger partial charge on any atom is 0.162 e. The quantitative estimate of drug-likeness (QED) is 0.744. The zero-order valence-corrected chi connectivity index (χ0v) is 14.7. The van der Waals surface area contributed by atoms with E-state index in [1.165, 1.54) is 0 Å². The highest BCUT2D eigenvalue weighted by atomic mass is 79.9. The van der Waals surface area contributed by atoms with E-state index in [4.69, 9.17) is 21.1 Å². The highest BCUT2D eigenvalue weighted by Gasteiger charge is 2.20. The van der Waals surface area contributed by atoms with E-state index in [1.807, 2.05) is 6.07 Å². The van der Waals surface area contributed by atoms with Gasteiger partial charge in [0.1, 0.15) is 19.3 Å². The summed E-state index contributed by atoms with van der Waals surface area (Å²) in [5, 5.41) is 11.2. The molecule has 1 aliphatic rings. The normalized spacial score (nSPS) is 14.9. The first-order valence-electron chi connectivity index (χ1n) is 6.28. The Morgan fingerprint density at radius 1 is 1.00 bits per heavy atom. The third-order valence-corrected chi connectivity index (χ3v) is 5.12. The van der Waals surface area contributed by atoms with Gasteiger partial charge in [-0.3, -0.25) is 0 Å². The molecule has 0 fully saturated rings. The Hall–Kier alpha value is -0.750. The molecule has 0 radical (unpaired) electrons. The fourth-order valence-electron chi connectivity index (χ4n) is 2.15. The van der Waals surface area contributed by atoms with Crippen molar-refractivity contribution in [1.29, 1.82) is 0 Å². The first-order chi connectivity index (χ1) is 10.1. The Bertz CT molecular complexity index is 691. The molecule has 0 amide bonds. The van der Waals surface area contributed by atoms with Gasteiger partial charge in [0.15, 0.2) is 11.5 Å². The van der Waals surface area contributed by atoms with E-state index >= 15 is 0 Å². The molecule has 0 aromatic heterocycles. The van der Waals surface area contributed by atoms with Crippen molar-refractivity contribution in [2.75, 3.05) is 13.2 Å². The minimum atomic E-state index is -0.788. The van der Waals surface area contributed by atoms with E-state index in [2.05, 4.69) is 31.9 Å². The van der Waals surface area contributed by atoms with Crippen LogP contribution in [0.25, 0.3) is 0 Å². The highest BCUT2D eigenvalue weighted by molar-refractivity contribution is 9.10. The van der Waals surface area contributed by atoms with E-state index < -0.39 is 6.10 Å². The van der Waals surface area contributed by atoms with Gasteiger partial charge in [0.2, 0.25) is 0 Å². The molecule has 1 atom stereocenters. The maximum atomic E-state index is 10.6. The highest BCUT2D eigenvalue weighted by Crippen LogP contribution is 2.40. The average Bonchev–Trinajstić information content (AvgIpc) is 2.48. The van der Waals surface area contributed by atoms with Gasteiger partial charge in [-0.05, 0) is 45.8 Å². The zero-order valence-electron chi connectivity index (χ0n) is 10.8. The molecule has 21 heavy (non-hydrogen) atoms. The van der Waals surface area contributed by atoms with Crippen LogP contribution in [0.5, 0.6) is 11.5 Å². The van der Waals surface area contributed by atoms with Gasteiger partial charge >= 0.3 is 0 Å². The van der Waals surface area contributed by atoms with Gasteiger partial charge in [-0.15, -0.1) is 0 Å². The van der Waals surface area contributed by atoms with Crippen LogP contribution in [0, 0.1) is 0 Å². The van der Waals surface area contributed by atoms with Gasteiger partial charge in [0, 0.05) is 14.5 Å². The monoisotopic (exact) mass is 432 g/mol. The second kappa shape index (κ2) is 6.16. The number of rotatable bonds is 2. The first-order valence-corrected chi connectivity index (χ1v) is 8.24.